The molecule has 6 nitrogen and oxygen atoms in total. The Kier molecular flexibility index (Phi) is 5.22. The fourth-order valence-electron chi connectivity index (χ4n) is 5.09. The van der Waals surface area contributed by atoms with E-state index in [0.29, 0.717) is 13.1 Å². The largest absolute Gasteiger partial charge is 0.326 e. The first-order valence-corrected chi connectivity index (χ1v) is 11.2. The number of nitrogens with one attached hydrogen (secondary N) is 1. The number of hydrogen-bond donors (Lipinski definition) is 1. The average molecular weight is 418 g/mol. The smallest absolute Gasteiger partial charge is 0.230 e. The number of nitrogens with zero attached hydrogens (tertiary/aromatic N) is 2. The summed E-state index contributed by atoms with van der Waals surface area (Å²) in [6.45, 7) is 1.11. The van der Waals surface area contributed by atoms with Crippen molar-refractivity contribution in [2.45, 2.75) is 38.5 Å². The Morgan fingerprint density at radius 2 is 1.74 bits per heavy atom. The van der Waals surface area contributed by atoms with Gasteiger partial charge in [-0.05, 0) is 55.2 Å². The highest BCUT2D eigenvalue weighted by Gasteiger charge is 2.36. The molecule has 1 unspecified atom stereocenters. The van der Waals surface area contributed by atoms with Gasteiger partial charge < -0.3 is 15.1 Å². The van der Waals surface area contributed by atoms with Gasteiger partial charge in [0.15, 0.2) is 0 Å². The van der Waals surface area contributed by atoms with Crippen molar-refractivity contribution in [3.63, 3.8) is 0 Å². The monoisotopic (exact) mass is 417 g/mol. The van der Waals surface area contributed by atoms with E-state index < -0.39 is 0 Å². The molecular weight excluding hydrogens is 390 g/mol. The van der Waals surface area contributed by atoms with Gasteiger partial charge in [0, 0.05) is 42.5 Å². The predicted octanol–water partition coefficient (Wildman–Crippen LogP) is 3.76. The van der Waals surface area contributed by atoms with Gasteiger partial charge in [-0.3, -0.25) is 14.4 Å². The summed E-state index contributed by atoms with van der Waals surface area (Å²) in [6.07, 6.45) is 5.31. The zero-order valence-corrected chi connectivity index (χ0v) is 17.5. The highest BCUT2D eigenvalue weighted by Crippen LogP contribution is 2.35. The van der Waals surface area contributed by atoms with E-state index in [4.69, 9.17) is 0 Å². The first kappa shape index (κ1) is 19.8. The van der Waals surface area contributed by atoms with Crippen LogP contribution in [0.25, 0.3) is 0 Å². The van der Waals surface area contributed by atoms with Crippen LogP contribution in [0.1, 0.15) is 37.7 Å². The lowest BCUT2D eigenvalue weighted by Gasteiger charge is -2.21. The predicted molar refractivity (Wildman–Crippen MR) is 120 cm³/mol. The number of para-hydroxylation sites is 1. The molecule has 2 aromatic rings. The summed E-state index contributed by atoms with van der Waals surface area (Å²) in [4.78, 5) is 41.7. The Morgan fingerprint density at radius 3 is 2.52 bits per heavy atom. The van der Waals surface area contributed by atoms with Crippen LogP contribution in [0.4, 0.5) is 17.1 Å². The molecule has 3 aliphatic rings. The quantitative estimate of drug-likeness (QED) is 0.824. The number of rotatable bonds is 4. The van der Waals surface area contributed by atoms with E-state index in [1.165, 1.54) is 0 Å². The molecule has 1 N–H and O–H groups in total. The van der Waals surface area contributed by atoms with Crippen molar-refractivity contribution in [3.05, 3.63) is 54.1 Å². The van der Waals surface area contributed by atoms with Gasteiger partial charge in [-0.15, -0.1) is 0 Å². The lowest BCUT2D eigenvalue weighted by molar-refractivity contribution is -0.122. The van der Waals surface area contributed by atoms with Gasteiger partial charge in [0.05, 0.1) is 5.92 Å². The summed E-state index contributed by atoms with van der Waals surface area (Å²) in [5, 5.41) is 2.98. The summed E-state index contributed by atoms with van der Waals surface area (Å²) >= 11 is 0. The lowest BCUT2D eigenvalue weighted by atomic mass is 10.1. The molecule has 0 spiro atoms. The highest BCUT2D eigenvalue weighted by atomic mass is 16.2. The SMILES string of the molecule is O=C(Nc1ccc2c(c1)CCN2C(=O)C1CCCC1)C1CC(=O)N(c2ccccc2)C1. The molecule has 0 bridgehead atoms. The molecule has 6 heteroatoms. The maximum atomic E-state index is 12.8. The maximum absolute atomic E-state index is 12.8. The first-order valence-electron chi connectivity index (χ1n) is 11.2. The zero-order chi connectivity index (χ0) is 21.4. The van der Waals surface area contributed by atoms with Gasteiger partial charge in [-0.1, -0.05) is 31.0 Å². The van der Waals surface area contributed by atoms with Crippen molar-refractivity contribution in [1.29, 1.82) is 0 Å². The van der Waals surface area contributed by atoms with E-state index in [2.05, 4.69) is 5.32 Å². The van der Waals surface area contributed by atoms with Crippen molar-refractivity contribution in [2.75, 3.05) is 28.2 Å². The number of hydrogen-bond acceptors (Lipinski definition) is 3. The van der Waals surface area contributed by atoms with Gasteiger partial charge in [-0.25, -0.2) is 0 Å². The molecule has 1 atom stereocenters. The van der Waals surface area contributed by atoms with Crippen LogP contribution in [0.2, 0.25) is 0 Å². The van der Waals surface area contributed by atoms with Crippen LogP contribution < -0.4 is 15.1 Å². The molecule has 1 saturated heterocycles. The van der Waals surface area contributed by atoms with Crippen molar-refractivity contribution >= 4 is 34.8 Å². The topological polar surface area (TPSA) is 69.7 Å². The van der Waals surface area contributed by atoms with Crippen LogP contribution in [-0.2, 0) is 20.8 Å². The van der Waals surface area contributed by atoms with Crippen LogP contribution in [-0.4, -0.2) is 30.8 Å². The Morgan fingerprint density at radius 1 is 0.968 bits per heavy atom. The van der Waals surface area contributed by atoms with Gasteiger partial charge in [0.1, 0.15) is 0 Å². The van der Waals surface area contributed by atoms with E-state index >= 15 is 0 Å². The normalized spacial score (nSPS) is 20.9. The van der Waals surface area contributed by atoms with E-state index in [0.717, 1.165) is 54.7 Å². The summed E-state index contributed by atoms with van der Waals surface area (Å²) in [5.74, 6) is -0.123. The van der Waals surface area contributed by atoms with Crippen LogP contribution in [0.15, 0.2) is 48.5 Å². The van der Waals surface area contributed by atoms with Gasteiger partial charge in [0.25, 0.3) is 0 Å². The van der Waals surface area contributed by atoms with E-state index in [9.17, 15) is 14.4 Å². The van der Waals surface area contributed by atoms with Crippen molar-refractivity contribution in [3.8, 4) is 0 Å². The number of carbonyl (C=O) groups excluding carboxylic acids is 3. The van der Waals surface area contributed by atoms with Crippen LogP contribution >= 0.6 is 0 Å². The summed E-state index contributed by atoms with van der Waals surface area (Å²) in [7, 11) is 0. The second kappa shape index (κ2) is 8.17. The van der Waals surface area contributed by atoms with Crippen molar-refractivity contribution in [1.82, 2.24) is 0 Å². The third-order valence-corrected chi connectivity index (χ3v) is 6.78. The molecule has 2 aromatic carbocycles. The Labute approximate surface area is 182 Å². The van der Waals surface area contributed by atoms with Crippen molar-refractivity contribution < 1.29 is 14.4 Å². The highest BCUT2D eigenvalue weighted by molar-refractivity contribution is 6.04. The molecule has 0 aromatic heterocycles. The van der Waals surface area contributed by atoms with E-state index in [-0.39, 0.29) is 36.0 Å². The molecule has 5 rings (SSSR count). The van der Waals surface area contributed by atoms with Crippen LogP contribution in [0.3, 0.4) is 0 Å². The molecule has 2 aliphatic heterocycles. The molecule has 2 fully saturated rings. The third kappa shape index (κ3) is 3.82. The molecule has 1 aliphatic carbocycles. The Hall–Kier alpha value is -3.15. The number of carbonyl (C=O) groups is 3. The Balaban J connectivity index is 1.25. The molecule has 2 heterocycles. The number of fused-ring (bicyclic) bond motifs is 1. The minimum Gasteiger partial charge on any atom is -0.326 e. The molecule has 3 amide bonds. The van der Waals surface area contributed by atoms with Crippen LogP contribution in [0.5, 0.6) is 0 Å². The minimum absolute atomic E-state index is 0.0265. The minimum atomic E-state index is -0.374. The van der Waals surface area contributed by atoms with Crippen molar-refractivity contribution in [2.24, 2.45) is 11.8 Å². The van der Waals surface area contributed by atoms with Crippen LogP contribution in [0, 0.1) is 11.8 Å². The lowest BCUT2D eigenvalue weighted by Crippen LogP contribution is -2.33. The average Bonchev–Trinajstić information content (AvgIpc) is 3.53. The summed E-state index contributed by atoms with van der Waals surface area (Å²) < 4.78 is 0. The fraction of sp³-hybridized carbons (Fsp3) is 0.400. The van der Waals surface area contributed by atoms with E-state index in [1.54, 1.807) is 4.90 Å². The van der Waals surface area contributed by atoms with Gasteiger partial charge in [0.2, 0.25) is 17.7 Å². The molecule has 1 saturated carbocycles. The van der Waals surface area contributed by atoms with Gasteiger partial charge >= 0.3 is 0 Å². The summed E-state index contributed by atoms with van der Waals surface area (Å²) in [6, 6.07) is 15.2. The Bertz CT molecular complexity index is 1010. The molecular formula is C25H27N3O3. The van der Waals surface area contributed by atoms with Gasteiger partial charge in [-0.2, -0.15) is 0 Å². The maximum Gasteiger partial charge on any atom is 0.230 e. The number of anilines is 3. The molecule has 31 heavy (non-hydrogen) atoms. The van der Waals surface area contributed by atoms with E-state index in [1.807, 2.05) is 53.4 Å². The molecule has 160 valence electrons. The fourth-order valence-corrected chi connectivity index (χ4v) is 5.09. The summed E-state index contributed by atoms with van der Waals surface area (Å²) in [5.41, 5.74) is 3.62. The second-order valence-electron chi connectivity index (χ2n) is 8.79. The number of benzene rings is 2. The third-order valence-electron chi connectivity index (χ3n) is 6.78. The zero-order valence-electron chi connectivity index (χ0n) is 17.5. The second-order valence-corrected chi connectivity index (χ2v) is 8.79. The standard InChI is InChI=1S/C25H27N3O3/c29-23-15-19(16-28(23)21-8-2-1-3-9-21)24(30)26-20-10-11-22-18(14-20)12-13-27(22)25(31)17-6-4-5-7-17/h1-3,8-11,14,17,19H,4-7,12-13,15-16H2,(H,26,30). The first-order chi connectivity index (χ1) is 15.1. The number of amides is 3. The molecule has 0 radical (unpaired) electrons.